The molecule has 0 amide bonds. The topological polar surface area (TPSA) is 34.9 Å². The second-order valence-electron chi connectivity index (χ2n) is 6.74. The number of benzene rings is 2. The molecule has 3 aromatic rings. The highest BCUT2D eigenvalue weighted by atomic mass is 19.1. The van der Waals surface area contributed by atoms with Crippen molar-refractivity contribution >= 4 is 5.78 Å². The Kier molecular flexibility index (Phi) is 3.75. The molecule has 1 aliphatic rings. The van der Waals surface area contributed by atoms with Crippen LogP contribution in [0.4, 0.5) is 4.39 Å². The highest BCUT2D eigenvalue weighted by Gasteiger charge is 2.32. The van der Waals surface area contributed by atoms with Gasteiger partial charge in [-0.1, -0.05) is 29.8 Å². The van der Waals surface area contributed by atoms with Crippen LogP contribution in [0.25, 0.3) is 5.69 Å². The molecule has 4 rings (SSSR count). The van der Waals surface area contributed by atoms with E-state index in [4.69, 9.17) is 0 Å². The van der Waals surface area contributed by atoms with Crippen molar-refractivity contribution in [2.24, 2.45) is 0 Å². The number of rotatable bonds is 2. The maximum Gasteiger partial charge on any atom is 0.167 e. The molecule has 0 radical (unpaired) electrons. The van der Waals surface area contributed by atoms with Crippen molar-refractivity contribution in [3.05, 3.63) is 82.4 Å². The average molecular weight is 334 g/mol. The van der Waals surface area contributed by atoms with Crippen LogP contribution in [0.5, 0.6) is 0 Å². The van der Waals surface area contributed by atoms with Crippen LogP contribution < -0.4 is 0 Å². The normalized spacial score (nSPS) is 16.8. The zero-order valence-electron chi connectivity index (χ0n) is 14.3. The number of carbonyl (C=O) groups is 1. The van der Waals surface area contributed by atoms with E-state index >= 15 is 0 Å². The van der Waals surface area contributed by atoms with Gasteiger partial charge in [-0.2, -0.15) is 5.10 Å². The molecule has 0 aliphatic heterocycles. The Morgan fingerprint density at radius 2 is 1.84 bits per heavy atom. The summed E-state index contributed by atoms with van der Waals surface area (Å²) in [6.45, 7) is 3.93. The monoisotopic (exact) mass is 334 g/mol. The molecule has 0 bridgehead atoms. The van der Waals surface area contributed by atoms with Crippen LogP contribution in [0.3, 0.4) is 0 Å². The fourth-order valence-electron chi connectivity index (χ4n) is 3.71. The molecule has 0 saturated heterocycles. The molecular formula is C21H19FN2O. The van der Waals surface area contributed by atoms with Gasteiger partial charge >= 0.3 is 0 Å². The number of aromatic nitrogens is 2. The van der Waals surface area contributed by atoms with E-state index in [2.05, 4.69) is 30.2 Å². The van der Waals surface area contributed by atoms with E-state index in [-0.39, 0.29) is 17.5 Å². The minimum atomic E-state index is -0.282. The number of hydrogen-bond acceptors (Lipinski definition) is 2. The summed E-state index contributed by atoms with van der Waals surface area (Å²) in [5, 5.41) is 4.56. The molecular weight excluding hydrogens is 315 g/mol. The van der Waals surface area contributed by atoms with Gasteiger partial charge in [0.05, 0.1) is 22.6 Å². The van der Waals surface area contributed by atoms with Crippen LogP contribution >= 0.6 is 0 Å². The molecule has 1 aliphatic carbocycles. The molecule has 25 heavy (non-hydrogen) atoms. The molecule has 0 fully saturated rings. The zero-order valence-corrected chi connectivity index (χ0v) is 14.3. The fourth-order valence-corrected chi connectivity index (χ4v) is 3.71. The van der Waals surface area contributed by atoms with Gasteiger partial charge in [-0.25, -0.2) is 9.07 Å². The molecule has 1 atom stereocenters. The third-order valence-electron chi connectivity index (χ3n) is 4.89. The van der Waals surface area contributed by atoms with E-state index in [0.717, 1.165) is 29.1 Å². The minimum absolute atomic E-state index is 0.138. The molecule has 1 heterocycles. The molecule has 1 aromatic heterocycles. The van der Waals surface area contributed by atoms with Gasteiger partial charge in [-0.3, -0.25) is 4.79 Å². The molecule has 4 heteroatoms. The van der Waals surface area contributed by atoms with E-state index in [0.29, 0.717) is 6.42 Å². The summed E-state index contributed by atoms with van der Waals surface area (Å²) < 4.78 is 15.0. The summed E-state index contributed by atoms with van der Waals surface area (Å²) in [6, 6.07) is 14.6. The van der Waals surface area contributed by atoms with Gasteiger partial charge in [0.2, 0.25) is 0 Å². The van der Waals surface area contributed by atoms with Crippen molar-refractivity contribution < 1.29 is 9.18 Å². The third kappa shape index (κ3) is 2.78. The Hall–Kier alpha value is -2.75. The van der Waals surface area contributed by atoms with Crippen LogP contribution in [0.2, 0.25) is 0 Å². The first kappa shape index (κ1) is 15.8. The van der Waals surface area contributed by atoms with Crippen LogP contribution in [-0.2, 0) is 6.42 Å². The lowest BCUT2D eigenvalue weighted by molar-refractivity contribution is 0.0963. The first-order valence-corrected chi connectivity index (χ1v) is 8.47. The van der Waals surface area contributed by atoms with Crippen LogP contribution in [0.1, 0.15) is 45.2 Å². The second kappa shape index (κ2) is 5.96. The lowest BCUT2D eigenvalue weighted by Crippen LogP contribution is -2.20. The lowest BCUT2D eigenvalue weighted by Gasteiger charge is -2.23. The molecule has 0 spiro atoms. The number of ketones is 1. The Morgan fingerprint density at radius 3 is 2.56 bits per heavy atom. The van der Waals surface area contributed by atoms with Gasteiger partial charge in [-0.15, -0.1) is 0 Å². The molecule has 0 N–H and O–H groups in total. The van der Waals surface area contributed by atoms with Crippen LogP contribution in [0, 0.1) is 19.7 Å². The molecule has 0 saturated carbocycles. The van der Waals surface area contributed by atoms with Crippen molar-refractivity contribution in [2.75, 3.05) is 0 Å². The number of carbonyl (C=O) groups excluding carboxylic acids is 1. The van der Waals surface area contributed by atoms with Crippen LogP contribution in [0.15, 0.2) is 48.5 Å². The summed E-state index contributed by atoms with van der Waals surface area (Å²) in [4.78, 5) is 12.8. The van der Waals surface area contributed by atoms with E-state index in [9.17, 15) is 9.18 Å². The summed E-state index contributed by atoms with van der Waals surface area (Å²) in [7, 11) is 0. The van der Waals surface area contributed by atoms with Gasteiger partial charge < -0.3 is 0 Å². The van der Waals surface area contributed by atoms with Crippen molar-refractivity contribution in [1.82, 2.24) is 9.78 Å². The van der Waals surface area contributed by atoms with Gasteiger partial charge in [0, 0.05) is 6.42 Å². The first-order valence-electron chi connectivity index (χ1n) is 8.47. The van der Waals surface area contributed by atoms with Crippen molar-refractivity contribution in [2.45, 2.75) is 32.6 Å². The largest absolute Gasteiger partial charge is 0.294 e. The minimum Gasteiger partial charge on any atom is -0.294 e. The number of halogens is 1. The molecule has 2 aromatic carbocycles. The maximum absolute atomic E-state index is 13.2. The van der Waals surface area contributed by atoms with Gasteiger partial charge in [0.15, 0.2) is 5.78 Å². The van der Waals surface area contributed by atoms with E-state index < -0.39 is 0 Å². The van der Waals surface area contributed by atoms with Crippen molar-refractivity contribution in [1.29, 1.82) is 0 Å². The SMILES string of the molecule is Cc1cccc([C@H]2CC(=O)c3c(C)nn(-c4ccc(F)cc4)c3C2)c1. The van der Waals surface area contributed by atoms with Crippen LogP contribution in [-0.4, -0.2) is 15.6 Å². The first-order chi connectivity index (χ1) is 12.0. The van der Waals surface area contributed by atoms with E-state index in [1.807, 2.05) is 13.0 Å². The Labute approximate surface area is 146 Å². The summed E-state index contributed by atoms with van der Waals surface area (Å²) in [5.74, 6) is 0.00373. The average Bonchev–Trinajstić information content (AvgIpc) is 2.93. The number of hydrogen-bond donors (Lipinski definition) is 0. The zero-order chi connectivity index (χ0) is 17.6. The fraction of sp³-hybridized carbons (Fsp3) is 0.238. The highest BCUT2D eigenvalue weighted by molar-refractivity contribution is 6.00. The van der Waals surface area contributed by atoms with Crippen molar-refractivity contribution in [3.8, 4) is 5.69 Å². The van der Waals surface area contributed by atoms with E-state index in [1.165, 1.54) is 23.3 Å². The Bertz CT molecular complexity index is 957. The summed E-state index contributed by atoms with van der Waals surface area (Å²) in [5.41, 5.74) is 5.55. The Balaban J connectivity index is 1.79. The second-order valence-corrected chi connectivity index (χ2v) is 6.74. The summed E-state index contributed by atoms with van der Waals surface area (Å²) >= 11 is 0. The van der Waals surface area contributed by atoms with E-state index in [1.54, 1.807) is 16.8 Å². The molecule has 0 unspecified atom stereocenters. The maximum atomic E-state index is 13.2. The van der Waals surface area contributed by atoms with Gasteiger partial charge in [-0.05, 0) is 56.0 Å². The van der Waals surface area contributed by atoms with Crippen molar-refractivity contribution in [3.63, 3.8) is 0 Å². The quantitative estimate of drug-likeness (QED) is 0.689. The molecule has 3 nitrogen and oxygen atoms in total. The highest BCUT2D eigenvalue weighted by Crippen LogP contribution is 2.35. The predicted octanol–water partition coefficient (Wildman–Crippen LogP) is 4.54. The Morgan fingerprint density at radius 1 is 1.08 bits per heavy atom. The lowest BCUT2D eigenvalue weighted by atomic mass is 9.81. The predicted molar refractivity (Wildman–Crippen MR) is 94.8 cm³/mol. The summed E-state index contributed by atoms with van der Waals surface area (Å²) in [6.07, 6.45) is 1.26. The van der Waals surface area contributed by atoms with Gasteiger partial charge in [0.25, 0.3) is 0 Å². The number of Topliss-reactive ketones (excluding diaryl/α,β-unsaturated/α-hetero) is 1. The number of nitrogens with zero attached hydrogens (tertiary/aromatic N) is 2. The van der Waals surface area contributed by atoms with Gasteiger partial charge in [0.1, 0.15) is 5.82 Å². The smallest absolute Gasteiger partial charge is 0.167 e. The third-order valence-corrected chi connectivity index (χ3v) is 4.89. The molecule has 126 valence electrons. The number of aryl methyl sites for hydroxylation is 2. The number of fused-ring (bicyclic) bond motifs is 1. The standard InChI is InChI=1S/C21H19FN2O/c1-13-4-3-5-15(10-13)16-11-19-21(20(25)12-16)14(2)23-24(19)18-8-6-17(22)7-9-18/h3-10,16H,11-12H2,1-2H3/t16-/m1/s1.